The number of anilines is 1. The summed E-state index contributed by atoms with van der Waals surface area (Å²) in [7, 11) is 0. The predicted molar refractivity (Wildman–Crippen MR) is 114 cm³/mol. The number of carbonyl (C=O) groups excluding carboxylic acids is 2. The summed E-state index contributed by atoms with van der Waals surface area (Å²) in [5.74, 6) is 0.182. The lowest BCUT2D eigenvalue weighted by molar-refractivity contribution is 0.0953. The minimum atomic E-state index is -0.393. The molecular formula is C22H19ClN4O3. The Morgan fingerprint density at radius 2 is 1.97 bits per heavy atom. The Kier molecular flexibility index (Phi) is 5.63. The van der Waals surface area contributed by atoms with Gasteiger partial charge in [-0.1, -0.05) is 23.7 Å². The number of furan rings is 1. The van der Waals surface area contributed by atoms with Crippen molar-refractivity contribution in [3.8, 4) is 0 Å². The van der Waals surface area contributed by atoms with Crippen LogP contribution < -0.4 is 10.7 Å². The number of halogens is 1. The topological polar surface area (TPSA) is 96.6 Å². The first-order valence-corrected chi connectivity index (χ1v) is 9.88. The van der Waals surface area contributed by atoms with Crippen LogP contribution in [0.3, 0.4) is 0 Å². The Bertz CT molecular complexity index is 1140. The van der Waals surface area contributed by atoms with Gasteiger partial charge in [0.15, 0.2) is 5.76 Å². The fourth-order valence-corrected chi connectivity index (χ4v) is 3.67. The lowest BCUT2D eigenvalue weighted by Gasteiger charge is -2.13. The van der Waals surface area contributed by atoms with Crippen molar-refractivity contribution >= 4 is 34.8 Å². The van der Waals surface area contributed by atoms with Crippen LogP contribution in [0, 0.1) is 6.92 Å². The van der Waals surface area contributed by atoms with Gasteiger partial charge in [0, 0.05) is 23.7 Å². The normalized spacial score (nSPS) is 14.3. The molecule has 2 amide bonds. The lowest BCUT2D eigenvalue weighted by atomic mass is 9.93. The number of hydrogen-bond donors (Lipinski definition) is 2. The Hall–Kier alpha value is -3.45. The lowest BCUT2D eigenvalue weighted by Crippen LogP contribution is -2.22. The van der Waals surface area contributed by atoms with Crippen molar-refractivity contribution in [1.82, 2.24) is 10.4 Å². The Balaban J connectivity index is 1.58. The van der Waals surface area contributed by atoms with Gasteiger partial charge < -0.3 is 9.73 Å². The average Bonchev–Trinajstić information content (AvgIpc) is 3.10. The fraction of sp³-hybridized carbons (Fsp3) is 0.182. The van der Waals surface area contributed by atoms with E-state index >= 15 is 0 Å². The minimum absolute atomic E-state index is 0.232. The highest BCUT2D eigenvalue weighted by atomic mass is 35.5. The van der Waals surface area contributed by atoms with Crippen LogP contribution in [0.1, 0.15) is 50.6 Å². The number of hydrazone groups is 1. The summed E-state index contributed by atoms with van der Waals surface area (Å²) in [6.07, 6.45) is 5.37. The molecule has 2 aromatic heterocycles. The smallest absolute Gasteiger partial charge is 0.291 e. The Morgan fingerprint density at radius 1 is 1.13 bits per heavy atom. The second-order valence-corrected chi connectivity index (χ2v) is 7.29. The monoisotopic (exact) mass is 422 g/mol. The van der Waals surface area contributed by atoms with Crippen molar-refractivity contribution in [2.45, 2.75) is 26.2 Å². The predicted octanol–water partition coefficient (Wildman–Crippen LogP) is 4.36. The molecule has 1 aliphatic rings. The van der Waals surface area contributed by atoms with Crippen molar-refractivity contribution in [2.75, 3.05) is 5.32 Å². The van der Waals surface area contributed by atoms with Crippen LogP contribution in [0.2, 0.25) is 5.02 Å². The van der Waals surface area contributed by atoms with E-state index < -0.39 is 5.91 Å². The van der Waals surface area contributed by atoms with Gasteiger partial charge in [-0.2, -0.15) is 5.10 Å². The zero-order chi connectivity index (χ0) is 21.1. The number of amides is 2. The molecule has 1 aliphatic carbocycles. The average molecular weight is 423 g/mol. The first kappa shape index (κ1) is 19.8. The maximum atomic E-state index is 12.7. The van der Waals surface area contributed by atoms with Crippen LogP contribution in [0.15, 0.2) is 58.3 Å². The number of nitrogens with zero attached hydrogens (tertiary/aromatic N) is 2. The highest BCUT2D eigenvalue weighted by Gasteiger charge is 2.28. The van der Waals surface area contributed by atoms with Gasteiger partial charge in [-0.05, 0) is 44.0 Å². The van der Waals surface area contributed by atoms with E-state index in [4.69, 9.17) is 16.0 Å². The highest BCUT2D eigenvalue weighted by molar-refractivity contribution is 6.33. The summed E-state index contributed by atoms with van der Waals surface area (Å²) in [5.41, 5.74) is 5.64. The molecule has 0 fully saturated rings. The molecule has 8 heteroatoms. The van der Waals surface area contributed by atoms with Gasteiger partial charge in [0.05, 0.1) is 28.2 Å². The van der Waals surface area contributed by atoms with Crippen molar-refractivity contribution in [3.05, 3.63) is 82.0 Å². The largest absolute Gasteiger partial charge is 0.455 e. The maximum Gasteiger partial charge on any atom is 0.291 e. The third-order valence-electron chi connectivity index (χ3n) is 4.86. The molecule has 0 bridgehead atoms. The van der Waals surface area contributed by atoms with Gasteiger partial charge in [-0.15, -0.1) is 0 Å². The van der Waals surface area contributed by atoms with E-state index in [0.717, 1.165) is 12.0 Å². The van der Waals surface area contributed by atoms with Crippen LogP contribution >= 0.6 is 11.6 Å². The van der Waals surface area contributed by atoms with Crippen molar-refractivity contribution in [3.63, 3.8) is 0 Å². The van der Waals surface area contributed by atoms with Crippen molar-refractivity contribution in [2.24, 2.45) is 5.10 Å². The van der Waals surface area contributed by atoms with Crippen molar-refractivity contribution < 1.29 is 14.0 Å². The zero-order valence-corrected chi connectivity index (χ0v) is 17.0. The molecule has 0 unspecified atom stereocenters. The molecule has 0 spiro atoms. The molecule has 1 aromatic carbocycles. The van der Waals surface area contributed by atoms with E-state index in [9.17, 15) is 9.59 Å². The number of pyridine rings is 1. The molecule has 30 heavy (non-hydrogen) atoms. The highest BCUT2D eigenvalue weighted by Crippen LogP contribution is 2.30. The van der Waals surface area contributed by atoms with Crippen molar-refractivity contribution in [1.29, 1.82) is 0 Å². The SMILES string of the molecule is Cc1c(C(=O)Nc2cccnc2)oc2c1/C(=N/NC(=O)c1ccccc1Cl)CCC2. The molecule has 4 rings (SSSR count). The second-order valence-electron chi connectivity index (χ2n) is 6.88. The van der Waals surface area contributed by atoms with Gasteiger partial charge in [-0.3, -0.25) is 14.6 Å². The number of aryl methyl sites for hydroxylation is 1. The molecule has 3 aromatic rings. The summed E-state index contributed by atoms with van der Waals surface area (Å²) < 4.78 is 5.86. The molecule has 0 radical (unpaired) electrons. The summed E-state index contributed by atoms with van der Waals surface area (Å²) in [6.45, 7) is 1.82. The number of benzene rings is 1. The van der Waals surface area contributed by atoms with Gasteiger partial charge >= 0.3 is 0 Å². The van der Waals surface area contributed by atoms with Gasteiger partial charge in [0.25, 0.3) is 11.8 Å². The van der Waals surface area contributed by atoms with E-state index in [1.165, 1.54) is 0 Å². The molecule has 2 heterocycles. The number of carbonyl (C=O) groups is 2. The van der Waals surface area contributed by atoms with E-state index in [0.29, 0.717) is 46.2 Å². The van der Waals surface area contributed by atoms with Crippen LogP contribution in [0.25, 0.3) is 0 Å². The maximum absolute atomic E-state index is 12.7. The number of hydrogen-bond acceptors (Lipinski definition) is 5. The van der Waals surface area contributed by atoms with Crippen LogP contribution in [0.5, 0.6) is 0 Å². The summed E-state index contributed by atoms with van der Waals surface area (Å²) in [5, 5.41) is 7.45. The van der Waals surface area contributed by atoms with E-state index in [2.05, 4.69) is 20.8 Å². The van der Waals surface area contributed by atoms with E-state index in [1.54, 1.807) is 48.8 Å². The molecule has 2 N–H and O–H groups in total. The fourth-order valence-electron chi connectivity index (χ4n) is 3.45. The standard InChI is InChI=1S/C22H19ClN4O3/c1-13-19-17(26-27-21(28)15-7-2-3-8-16(15)23)9-4-10-18(19)30-20(13)22(29)25-14-6-5-11-24-12-14/h2-3,5-8,11-12H,4,9-10H2,1H3,(H,25,29)(H,27,28)/b26-17+. The van der Waals surface area contributed by atoms with Crippen LogP contribution in [-0.2, 0) is 6.42 Å². The molecular weight excluding hydrogens is 404 g/mol. The number of rotatable bonds is 4. The van der Waals surface area contributed by atoms with E-state index in [-0.39, 0.29) is 11.7 Å². The summed E-state index contributed by atoms with van der Waals surface area (Å²) in [6, 6.07) is 10.3. The molecule has 7 nitrogen and oxygen atoms in total. The Labute approximate surface area is 178 Å². The summed E-state index contributed by atoms with van der Waals surface area (Å²) >= 11 is 6.08. The van der Waals surface area contributed by atoms with Gasteiger partial charge in [0.2, 0.25) is 0 Å². The Morgan fingerprint density at radius 3 is 2.73 bits per heavy atom. The molecule has 152 valence electrons. The van der Waals surface area contributed by atoms with Gasteiger partial charge in [0.1, 0.15) is 5.76 Å². The molecule has 0 atom stereocenters. The van der Waals surface area contributed by atoms with Crippen LogP contribution in [0.4, 0.5) is 5.69 Å². The number of aromatic nitrogens is 1. The third kappa shape index (κ3) is 3.97. The quantitative estimate of drug-likeness (QED) is 0.610. The first-order chi connectivity index (χ1) is 14.5. The summed E-state index contributed by atoms with van der Waals surface area (Å²) in [4.78, 5) is 29.1. The molecule has 0 saturated heterocycles. The van der Waals surface area contributed by atoms with Crippen LogP contribution in [-0.4, -0.2) is 22.5 Å². The minimum Gasteiger partial charge on any atom is -0.455 e. The number of fused-ring (bicyclic) bond motifs is 1. The zero-order valence-electron chi connectivity index (χ0n) is 16.2. The van der Waals surface area contributed by atoms with E-state index in [1.807, 2.05) is 6.92 Å². The molecule has 0 aliphatic heterocycles. The first-order valence-electron chi connectivity index (χ1n) is 9.50. The third-order valence-corrected chi connectivity index (χ3v) is 5.19. The van der Waals surface area contributed by atoms with Gasteiger partial charge in [-0.25, -0.2) is 5.43 Å². The second kappa shape index (κ2) is 8.51. The molecule has 0 saturated carbocycles. The number of nitrogens with one attached hydrogen (secondary N) is 2.